The van der Waals surface area contributed by atoms with E-state index in [4.69, 9.17) is 0 Å². The van der Waals surface area contributed by atoms with Crippen molar-refractivity contribution in [2.45, 2.75) is 0 Å². The zero-order chi connectivity index (χ0) is 16.8. The number of hydrogen-bond acceptors (Lipinski definition) is 3. The lowest BCUT2D eigenvalue weighted by Gasteiger charge is -2.18. The van der Waals surface area contributed by atoms with Crippen LogP contribution in [0.5, 0.6) is 0 Å². The molecule has 0 radical (unpaired) electrons. The lowest BCUT2D eigenvalue weighted by molar-refractivity contribution is -0.114. The van der Waals surface area contributed by atoms with Crippen molar-refractivity contribution in [2.75, 3.05) is 23.8 Å². The maximum atomic E-state index is 12.2. The molecule has 3 rings (SSSR count). The maximum Gasteiger partial charge on any atom is 0.243 e. The molecule has 24 heavy (non-hydrogen) atoms. The number of anilines is 2. The van der Waals surface area contributed by atoms with E-state index >= 15 is 0 Å². The summed E-state index contributed by atoms with van der Waals surface area (Å²) in [6.07, 6.45) is 3.54. The maximum absolute atomic E-state index is 12.2. The summed E-state index contributed by atoms with van der Waals surface area (Å²) < 4.78 is 0. The molecule has 1 heterocycles. The van der Waals surface area contributed by atoms with Gasteiger partial charge in [0.25, 0.3) is 0 Å². The fourth-order valence-electron chi connectivity index (χ4n) is 2.48. The number of nitrogens with zero attached hydrogens (tertiary/aromatic N) is 2. The second-order valence-electron chi connectivity index (χ2n) is 5.55. The van der Waals surface area contributed by atoms with E-state index in [0.717, 1.165) is 22.5 Å². The largest absolute Gasteiger partial charge is 0.365 e. The summed E-state index contributed by atoms with van der Waals surface area (Å²) in [7, 11) is 1.90. The van der Waals surface area contributed by atoms with Gasteiger partial charge in [-0.2, -0.15) is 0 Å². The van der Waals surface area contributed by atoms with Gasteiger partial charge in [0.2, 0.25) is 5.91 Å². The fourth-order valence-corrected chi connectivity index (χ4v) is 2.48. The zero-order valence-corrected chi connectivity index (χ0v) is 13.5. The Hall–Kier alpha value is -3.14. The quantitative estimate of drug-likeness (QED) is 0.778. The molecule has 1 amide bonds. The molecule has 1 aromatic heterocycles. The molecule has 120 valence electrons. The first-order valence-electron chi connectivity index (χ1n) is 7.79. The van der Waals surface area contributed by atoms with Crippen molar-refractivity contribution < 1.29 is 4.79 Å². The second kappa shape index (κ2) is 7.42. The van der Waals surface area contributed by atoms with Gasteiger partial charge < -0.3 is 10.2 Å². The van der Waals surface area contributed by atoms with Crippen LogP contribution in [0, 0.1) is 0 Å². The Morgan fingerprint density at radius 2 is 1.54 bits per heavy atom. The third-order valence-corrected chi connectivity index (χ3v) is 3.76. The molecule has 2 aromatic carbocycles. The Balaban J connectivity index is 1.61. The first-order chi connectivity index (χ1) is 11.7. The summed E-state index contributed by atoms with van der Waals surface area (Å²) in [5.41, 5.74) is 4.00. The smallest absolute Gasteiger partial charge is 0.243 e. The molecule has 1 N–H and O–H groups in total. The van der Waals surface area contributed by atoms with Gasteiger partial charge in [0.05, 0.1) is 6.54 Å². The highest BCUT2D eigenvalue weighted by Crippen LogP contribution is 2.20. The number of pyridine rings is 1. The molecule has 3 aromatic rings. The number of carbonyl (C=O) groups is 1. The molecule has 0 atom stereocenters. The summed E-state index contributed by atoms with van der Waals surface area (Å²) in [6.45, 7) is 0.302. The molecule has 0 saturated carbocycles. The number of hydrogen-bond donors (Lipinski definition) is 1. The molecule has 0 aliphatic rings. The van der Waals surface area contributed by atoms with Gasteiger partial charge in [0, 0.05) is 30.8 Å². The molecule has 0 aliphatic heterocycles. The van der Waals surface area contributed by atoms with Gasteiger partial charge in [-0.1, -0.05) is 30.3 Å². The van der Waals surface area contributed by atoms with Crippen LogP contribution in [-0.4, -0.2) is 24.5 Å². The number of nitrogens with one attached hydrogen (secondary N) is 1. The van der Waals surface area contributed by atoms with Gasteiger partial charge >= 0.3 is 0 Å². The Bertz CT molecular complexity index is 786. The van der Waals surface area contributed by atoms with Gasteiger partial charge in [-0.15, -0.1) is 0 Å². The van der Waals surface area contributed by atoms with E-state index < -0.39 is 0 Å². The number of carbonyl (C=O) groups excluding carboxylic acids is 1. The van der Waals surface area contributed by atoms with Crippen LogP contribution >= 0.6 is 0 Å². The standard InChI is InChI=1S/C20H19N3O/c1-23(19-5-3-2-4-6-19)15-20(24)22-18-9-7-16(8-10-18)17-11-13-21-14-12-17/h2-14H,15H2,1H3,(H,22,24). The molecular weight excluding hydrogens is 298 g/mol. The minimum Gasteiger partial charge on any atom is -0.365 e. The Kier molecular flexibility index (Phi) is 4.87. The van der Waals surface area contributed by atoms with Gasteiger partial charge in [0.15, 0.2) is 0 Å². The summed E-state index contributed by atoms with van der Waals surface area (Å²) in [5.74, 6) is -0.0435. The number of rotatable bonds is 5. The van der Waals surface area contributed by atoms with Crippen LogP contribution in [0.1, 0.15) is 0 Å². The van der Waals surface area contributed by atoms with Gasteiger partial charge in [-0.3, -0.25) is 9.78 Å². The number of amides is 1. The monoisotopic (exact) mass is 317 g/mol. The van der Waals surface area contributed by atoms with E-state index in [2.05, 4.69) is 10.3 Å². The van der Waals surface area contributed by atoms with Gasteiger partial charge in [0.1, 0.15) is 0 Å². The molecule has 0 unspecified atom stereocenters. The predicted molar refractivity (Wildman–Crippen MR) is 98.0 cm³/mol. The van der Waals surface area contributed by atoms with E-state index in [-0.39, 0.29) is 5.91 Å². The van der Waals surface area contributed by atoms with Crippen molar-refractivity contribution >= 4 is 17.3 Å². The second-order valence-corrected chi connectivity index (χ2v) is 5.55. The molecule has 4 heteroatoms. The van der Waals surface area contributed by atoms with Gasteiger partial charge in [-0.05, 0) is 47.5 Å². The van der Waals surface area contributed by atoms with Crippen LogP contribution < -0.4 is 10.2 Å². The molecule has 0 saturated heterocycles. The van der Waals surface area contributed by atoms with Crippen molar-refractivity contribution in [3.05, 3.63) is 79.1 Å². The van der Waals surface area contributed by atoms with E-state index in [1.54, 1.807) is 12.4 Å². The summed E-state index contributed by atoms with van der Waals surface area (Å²) >= 11 is 0. The molecule has 0 aliphatic carbocycles. The van der Waals surface area contributed by atoms with Gasteiger partial charge in [-0.25, -0.2) is 0 Å². The van der Waals surface area contributed by atoms with Crippen LogP contribution in [0.15, 0.2) is 79.1 Å². The summed E-state index contributed by atoms with van der Waals surface area (Å²) in [5, 5.41) is 2.93. The molecule has 0 spiro atoms. The Morgan fingerprint density at radius 1 is 0.917 bits per heavy atom. The Morgan fingerprint density at radius 3 is 2.21 bits per heavy atom. The first-order valence-corrected chi connectivity index (χ1v) is 7.79. The molecule has 0 bridgehead atoms. The predicted octanol–water partition coefficient (Wildman–Crippen LogP) is 3.82. The van der Waals surface area contributed by atoms with Crippen molar-refractivity contribution in [2.24, 2.45) is 0 Å². The normalized spacial score (nSPS) is 10.2. The number of benzene rings is 2. The summed E-state index contributed by atoms with van der Waals surface area (Å²) in [4.78, 5) is 18.1. The van der Waals surface area contributed by atoms with E-state index in [0.29, 0.717) is 6.54 Å². The lowest BCUT2D eigenvalue weighted by atomic mass is 10.1. The van der Waals surface area contributed by atoms with E-state index in [1.165, 1.54) is 0 Å². The molecule has 0 fully saturated rings. The topological polar surface area (TPSA) is 45.2 Å². The first kappa shape index (κ1) is 15.7. The highest BCUT2D eigenvalue weighted by Gasteiger charge is 2.07. The highest BCUT2D eigenvalue weighted by atomic mass is 16.2. The number of para-hydroxylation sites is 1. The van der Waals surface area contributed by atoms with Crippen LogP contribution in [-0.2, 0) is 4.79 Å². The minimum atomic E-state index is -0.0435. The molecule has 4 nitrogen and oxygen atoms in total. The van der Waals surface area contributed by atoms with Crippen LogP contribution in [0.3, 0.4) is 0 Å². The van der Waals surface area contributed by atoms with Crippen molar-refractivity contribution in [1.82, 2.24) is 4.98 Å². The number of likely N-dealkylation sites (N-methyl/N-ethyl adjacent to an activating group) is 1. The van der Waals surface area contributed by atoms with E-state index in [1.807, 2.05) is 78.7 Å². The lowest BCUT2D eigenvalue weighted by Crippen LogP contribution is -2.29. The van der Waals surface area contributed by atoms with Crippen molar-refractivity contribution in [3.8, 4) is 11.1 Å². The van der Waals surface area contributed by atoms with Crippen molar-refractivity contribution in [3.63, 3.8) is 0 Å². The SMILES string of the molecule is CN(CC(=O)Nc1ccc(-c2ccncc2)cc1)c1ccccc1. The number of aromatic nitrogens is 1. The average Bonchev–Trinajstić information content (AvgIpc) is 2.64. The van der Waals surface area contributed by atoms with E-state index in [9.17, 15) is 4.79 Å². The minimum absolute atomic E-state index is 0.0435. The fraction of sp³-hybridized carbons (Fsp3) is 0.100. The van der Waals surface area contributed by atoms with Crippen LogP contribution in [0.4, 0.5) is 11.4 Å². The van der Waals surface area contributed by atoms with Crippen LogP contribution in [0.2, 0.25) is 0 Å². The highest BCUT2D eigenvalue weighted by molar-refractivity contribution is 5.94. The molecular formula is C20H19N3O. The average molecular weight is 317 g/mol. The Labute approximate surface area is 141 Å². The summed E-state index contributed by atoms with van der Waals surface area (Å²) in [6, 6.07) is 21.6. The van der Waals surface area contributed by atoms with Crippen LogP contribution in [0.25, 0.3) is 11.1 Å². The third kappa shape index (κ3) is 3.98. The zero-order valence-electron chi connectivity index (χ0n) is 13.5. The van der Waals surface area contributed by atoms with Crippen molar-refractivity contribution in [1.29, 1.82) is 0 Å². The third-order valence-electron chi connectivity index (χ3n) is 3.76.